The molecule has 4 heavy (non-hydrogen) atoms. The molecule has 0 aromatic rings. The van der Waals surface area contributed by atoms with Gasteiger partial charge < -0.3 is 5.48 Å². The molecule has 0 bridgehead atoms. The second kappa shape index (κ2) is 40.3. The Morgan fingerprint density at radius 1 is 1.25 bits per heavy atom. The Kier molecular flexibility index (Phi) is 208. The molecule has 0 aliphatic heterocycles. The van der Waals surface area contributed by atoms with Crippen molar-refractivity contribution in [3.8, 4) is 0 Å². The van der Waals surface area contributed by atoms with Crippen LogP contribution >= 0.6 is 0 Å². The molecular formula is HCuO2Zn. The van der Waals surface area contributed by atoms with Crippen molar-refractivity contribution in [2.75, 3.05) is 0 Å². The fourth-order valence-electron chi connectivity index (χ4n) is 0. The van der Waals surface area contributed by atoms with Crippen LogP contribution in [-0.2, 0) is 38.9 Å². The molecule has 0 aromatic heterocycles. The van der Waals surface area contributed by atoms with Crippen LogP contribution in [-0.4, -0.2) is 5.48 Å². The van der Waals surface area contributed by atoms with Crippen LogP contribution in [0.4, 0.5) is 0 Å². The maximum absolute atomic E-state index is 8.38. The molecule has 4 heteroatoms. The quantitative estimate of drug-likeness (QED) is 0.459. The Morgan fingerprint density at radius 3 is 1.25 bits per heavy atom. The molecule has 0 aliphatic rings. The Morgan fingerprint density at radius 2 is 1.25 bits per heavy atom. The van der Waals surface area contributed by atoms with E-state index >= 15 is 0 Å². The van der Waals surface area contributed by atoms with Crippen LogP contribution in [0.1, 0.15) is 0 Å². The van der Waals surface area contributed by atoms with Gasteiger partial charge >= 0.3 is 38.9 Å². The van der Waals surface area contributed by atoms with Gasteiger partial charge in [0.2, 0.25) is 0 Å². The van der Waals surface area contributed by atoms with Crippen molar-refractivity contribution in [1.29, 1.82) is 0 Å². The van der Waals surface area contributed by atoms with E-state index in [0.717, 1.165) is 0 Å². The van der Waals surface area contributed by atoms with Crippen LogP contribution in [0.5, 0.6) is 0 Å². The summed E-state index contributed by atoms with van der Waals surface area (Å²) in [6.45, 7) is 0. The second-order valence-electron chi connectivity index (χ2n) is 0. The molecule has 0 aromatic carbocycles. The number of rotatable bonds is 0. The predicted octanol–water partition coefficient (Wildman–Crippen LogP) is -0.301. The molecule has 0 saturated carbocycles. The van der Waals surface area contributed by atoms with Gasteiger partial charge in [0, 0.05) is 0 Å². The van der Waals surface area contributed by atoms with E-state index in [-0.39, 0.29) is 40.8 Å². The van der Waals surface area contributed by atoms with Crippen LogP contribution in [0.25, 0.3) is 0 Å². The second-order valence-corrected chi connectivity index (χ2v) is 0. The molecular weight excluding hydrogens is 161 g/mol. The molecule has 0 spiro atoms. The van der Waals surface area contributed by atoms with Crippen LogP contribution in [0.3, 0.4) is 0 Å². The van der Waals surface area contributed by atoms with Crippen LogP contribution in [0.15, 0.2) is 0 Å². The molecule has 0 radical (unpaired) electrons. The molecule has 1 N–H and O–H groups in total. The summed E-state index contributed by atoms with van der Waals surface area (Å²) in [5, 5.41) is 0. The Bertz CT molecular complexity index is 6.00. The summed E-state index contributed by atoms with van der Waals surface area (Å²) in [6.07, 6.45) is 0. The molecule has 0 rings (SSSR count). The summed E-state index contributed by atoms with van der Waals surface area (Å²) in [5.41, 5.74) is 0. The molecule has 0 saturated heterocycles. The van der Waals surface area contributed by atoms with Crippen molar-refractivity contribution in [2.24, 2.45) is 0 Å². The normalized spacial score (nSPS) is 1.50. The first-order chi connectivity index (χ1) is 1.00. The summed E-state index contributed by atoms with van der Waals surface area (Å²) >= 11 is 0.125. The van der Waals surface area contributed by atoms with Crippen LogP contribution in [0.2, 0.25) is 0 Å². The average molecular weight is 162 g/mol. The summed E-state index contributed by atoms with van der Waals surface area (Å²) in [7, 11) is 0. The van der Waals surface area contributed by atoms with Crippen LogP contribution in [0, 0.1) is 0 Å². The first-order valence-corrected chi connectivity index (χ1v) is 1.50. The van der Waals surface area contributed by atoms with Crippen molar-refractivity contribution >= 4 is 0 Å². The zero-order valence-corrected chi connectivity index (χ0v) is 5.77. The zero-order valence-electron chi connectivity index (χ0n) is 1.86. The van der Waals surface area contributed by atoms with E-state index in [0.29, 0.717) is 0 Å². The van der Waals surface area contributed by atoms with Gasteiger partial charge in [0.1, 0.15) is 0 Å². The van der Waals surface area contributed by atoms with Gasteiger partial charge in [0.25, 0.3) is 0 Å². The fraction of sp³-hybridized carbons (Fsp3) is 0. The predicted molar refractivity (Wildman–Crippen MR) is 2.62 cm³/mol. The molecule has 0 fully saturated rings. The van der Waals surface area contributed by atoms with E-state index in [9.17, 15) is 0 Å². The number of hydrogen-bond donors (Lipinski definition) is 0. The molecule has 2 nitrogen and oxygen atoms in total. The summed E-state index contributed by atoms with van der Waals surface area (Å²) in [5.74, 6) is 0. The summed E-state index contributed by atoms with van der Waals surface area (Å²) < 4.78 is 8.38. The molecule has 0 aliphatic carbocycles. The van der Waals surface area contributed by atoms with Gasteiger partial charge in [-0.3, -0.25) is 0 Å². The first kappa shape index (κ1) is 20.6. The molecule has 0 amide bonds. The van der Waals surface area contributed by atoms with Crippen molar-refractivity contribution in [2.45, 2.75) is 0 Å². The molecule has 0 unspecified atom stereocenters. The van der Waals surface area contributed by atoms with Gasteiger partial charge in [-0.05, 0) is 0 Å². The number of hydrogen-bond acceptors (Lipinski definition) is 2. The maximum atomic E-state index is 8.38. The minimum absolute atomic E-state index is 0. The van der Waals surface area contributed by atoms with E-state index in [1.807, 2.05) is 0 Å². The van der Waals surface area contributed by atoms with Gasteiger partial charge in [-0.15, -0.1) is 0 Å². The van der Waals surface area contributed by atoms with Gasteiger partial charge in [-0.25, -0.2) is 0 Å². The summed E-state index contributed by atoms with van der Waals surface area (Å²) in [6, 6.07) is 0. The van der Waals surface area contributed by atoms with Gasteiger partial charge in [0.05, 0.1) is 0 Å². The third-order valence-corrected chi connectivity index (χ3v) is 0. The van der Waals surface area contributed by atoms with E-state index < -0.39 is 0 Å². The third kappa shape index (κ3) is 12.9. The van der Waals surface area contributed by atoms with Crippen LogP contribution < -0.4 is 0 Å². The molecule has 26 valence electrons. The van der Waals surface area contributed by atoms with Gasteiger partial charge in [0.15, 0.2) is 0 Å². The Hall–Kier alpha value is 0.903. The SMILES string of the molecule is [Cu+].[OH-].[O]=[Zn]. The Balaban J connectivity index is -0.00000000500. The van der Waals surface area contributed by atoms with Crippen molar-refractivity contribution in [1.82, 2.24) is 0 Å². The van der Waals surface area contributed by atoms with Gasteiger partial charge in [-0.1, -0.05) is 0 Å². The standard InChI is InChI=1S/Cu.H2O.O.Zn/h;1H2;;/q+1;;;/p-1. The van der Waals surface area contributed by atoms with E-state index in [2.05, 4.69) is 0 Å². The van der Waals surface area contributed by atoms with Gasteiger partial charge in [-0.2, -0.15) is 0 Å². The minimum atomic E-state index is 0. The molecule has 0 heterocycles. The average Bonchev–Trinajstić information content (AvgIpc) is 1.00. The fourth-order valence-corrected chi connectivity index (χ4v) is 0. The third-order valence-electron chi connectivity index (χ3n) is 0. The topological polar surface area (TPSA) is 47.1 Å². The van der Waals surface area contributed by atoms with E-state index in [1.54, 1.807) is 0 Å². The molecule has 0 atom stereocenters. The van der Waals surface area contributed by atoms with E-state index in [4.69, 9.17) is 3.57 Å². The van der Waals surface area contributed by atoms with Crippen molar-refractivity contribution < 1.29 is 44.4 Å². The summed E-state index contributed by atoms with van der Waals surface area (Å²) in [4.78, 5) is 0. The van der Waals surface area contributed by atoms with Crippen molar-refractivity contribution in [3.63, 3.8) is 0 Å². The first-order valence-electron chi connectivity index (χ1n) is 0.289. The monoisotopic (exact) mass is 160 g/mol. The van der Waals surface area contributed by atoms with E-state index in [1.165, 1.54) is 0 Å². The van der Waals surface area contributed by atoms with Crippen molar-refractivity contribution in [3.05, 3.63) is 0 Å². The zero-order chi connectivity index (χ0) is 2.00. The Labute approximate surface area is 44.7 Å².